The van der Waals surface area contributed by atoms with Gasteiger partial charge in [0.2, 0.25) is 0 Å². The normalized spacial score (nSPS) is 10.4. The van der Waals surface area contributed by atoms with Crippen LogP contribution >= 0.6 is 0 Å². The molecule has 0 spiro atoms. The van der Waals surface area contributed by atoms with Crippen LogP contribution < -0.4 is 0 Å². The third kappa shape index (κ3) is 10.4. The maximum atomic E-state index is 9.42. The molecule has 0 rings (SSSR count). The largest absolute Gasteiger partial charge is 0.396 e. The molecule has 2 heteroatoms. The zero-order valence-corrected chi connectivity index (χ0v) is 9.45. The lowest BCUT2D eigenvalue weighted by molar-refractivity contribution is 0.201. The zero-order chi connectivity index (χ0) is 12.1. The van der Waals surface area contributed by atoms with Gasteiger partial charge in [-0.25, -0.2) is 0 Å². The van der Waals surface area contributed by atoms with Crippen molar-refractivity contribution in [3.8, 4) is 35.5 Å². The van der Waals surface area contributed by atoms with Crippen LogP contribution in [0.5, 0.6) is 0 Å². The first-order chi connectivity index (χ1) is 7.81. The van der Waals surface area contributed by atoms with E-state index in [1.165, 1.54) is 0 Å². The average Bonchev–Trinajstić information content (AvgIpc) is 2.28. The van der Waals surface area contributed by atoms with E-state index in [-0.39, 0.29) is 6.61 Å². The second-order valence-corrected chi connectivity index (χ2v) is 3.04. The predicted molar refractivity (Wildman–Crippen MR) is 65.1 cm³/mol. The molecule has 0 radical (unpaired) electrons. The van der Waals surface area contributed by atoms with Crippen LogP contribution in [-0.2, 0) is 0 Å². The molecule has 0 aromatic carbocycles. The molecule has 0 aliphatic rings. The van der Waals surface area contributed by atoms with Gasteiger partial charge in [0.15, 0.2) is 0 Å². The summed E-state index contributed by atoms with van der Waals surface area (Å²) in [6.07, 6.45) is 4.88. The van der Waals surface area contributed by atoms with Gasteiger partial charge in [-0.1, -0.05) is 11.8 Å². The highest BCUT2D eigenvalue weighted by Gasteiger charge is 1.96. The van der Waals surface area contributed by atoms with Crippen molar-refractivity contribution in [2.45, 2.75) is 32.3 Å². The summed E-state index contributed by atoms with van der Waals surface area (Å²) in [5.74, 6) is 15.6. The Hall–Kier alpha value is -1.66. The monoisotopic (exact) mass is 216 g/mol. The zero-order valence-electron chi connectivity index (χ0n) is 9.45. The quantitative estimate of drug-likeness (QED) is 0.533. The Kier molecular flexibility index (Phi) is 10.2. The van der Waals surface area contributed by atoms with Crippen LogP contribution in [0.3, 0.4) is 0 Å². The van der Waals surface area contributed by atoms with Gasteiger partial charge in [-0.05, 0) is 62.0 Å². The minimum atomic E-state index is -0.496. The van der Waals surface area contributed by atoms with Gasteiger partial charge in [0.25, 0.3) is 0 Å². The first-order valence-electron chi connectivity index (χ1n) is 5.19. The summed E-state index contributed by atoms with van der Waals surface area (Å²) in [7, 11) is 0. The second-order valence-electron chi connectivity index (χ2n) is 3.04. The van der Waals surface area contributed by atoms with E-state index in [1.54, 1.807) is 19.1 Å². The van der Waals surface area contributed by atoms with Crippen molar-refractivity contribution in [2.24, 2.45) is 0 Å². The van der Waals surface area contributed by atoms with Gasteiger partial charge in [0, 0.05) is 6.61 Å². The lowest BCUT2D eigenvalue weighted by Crippen LogP contribution is -2.01. The van der Waals surface area contributed by atoms with Crippen molar-refractivity contribution in [1.82, 2.24) is 0 Å². The summed E-state index contributed by atoms with van der Waals surface area (Å²) in [5, 5.41) is 18.0. The molecule has 0 saturated carbocycles. The standard InChI is InChI=1S/C14H16O2/c1-2-3-4-5-6-7-8-11-14(16)12-9-10-13-15/h8,11,14-16H,9-10,12-13H2,1H3. The fourth-order valence-electron chi connectivity index (χ4n) is 0.923. The third-order valence-electron chi connectivity index (χ3n) is 1.69. The van der Waals surface area contributed by atoms with E-state index in [1.807, 2.05) is 0 Å². The maximum Gasteiger partial charge on any atom is 0.0730 e. The minimum Gasteiger partial charge on any atom is -0.396 e. The Morgan fingerprint density at radius 1 is 1.12 bits per heavy atom. The Morgan fingerprint density at radius 2 is 1.88 bits per heavy atom. The van der Waals surface area contributed by atoms with Crippen molar-refractivity contribution in [3.63, 3.8) is 0 Å². The fourth-order valence-corrected chi connectivity index (χ4v) is 0.923. The van der Waals surface area contributed by atoms with Crippen LogP contribution in [-0.4, -0.2) is 22.9 Å². The Labute approximate surface area is 97.4 Å². The van der Waals surface area contributed by atoms with E-state index in [2.05, 4.69) is 35.5 Å². The third-order valence-corrected chi connectivity index (χ3v) is 1.69. The molecule has 16 heavy (non-hydrogen) atoms. The Balaban J connectivity index is 3.81. The number of allylic oxidation sites excluding steroid dienone is 1. The maximum absolute atomic E-state index is 9.42. The molecule has 2 N–H and O–H groups in total. The smallest absolute Gasteiger partial charge is 0.0730 e. The summed E-state index contributed by atoms with van der Waals surface area (Å²) in [6, 6.07) is 0. The molecular weight excluding hydrogens is 200 g/mol. The molecule has 0 fully saturated rings. The lowest BCUT2D eigenvalue weighted by Gasteiger charge is -2.02. The fraction of sp³-hybridized carbons (Fsp3) is 0.429. The van der Waals surface area contributed by atoms with E-state index in [0.717, 1.165) is 12.8 Å². The van der Waals surface area contributed by atoms with Crippen LogP contribution in [0.25, 0.3) is 0 Å². The molecule has 1 atom stereocenters. The average molecular weight is 216 g/mol. The highest BCUT2D eigenvalue weighted by molar-refractivity contribution is 5.37. The summed E-state index contributed by atoms with van der Waals surface area (Å²) in [6.45, 7) is 1.88. The summed E-state index contributed by atoms with van der Waals surface area (Å²) in [5.41, 5.74) is 0. The Bertz CT molecular complexity index is 374. The highest BCUT2D eigenvalue weighted by atomic mass is 16.3. The molecule has 0 saturated heterocycles. The van der Waals surface area contributed by atoms with Gasteiger partial charge >= 0.3 is 0 Å². The highest BCUT2D eigenvalue weighted by Crippen LogP contribution is 2.00. The van der Waals surface area contributed by atoms with E-state index in [4.69, 9.17) is 5.11 Å². The van der Waals surface area contributed by atoms with Crippen LogP contribution in [0, 0.1) is 35.5 Å². The molecule has 0 aliphatic heterocycles. The van der Waals surface area contributed by atoms with E-state index in [0.29, 0.717) is 6.42 Å². The number of aliphatic hydroxyl groups excluding tert-OH is 2. The van der Waals surface area contributed by atoms with Crippen LogP contribution in [0.4, 0.5) is 0 Å². The number of hydrogen-bond donors (Lipinski definition) is 2. The number of aliphatic hydroxyl groups is 2. The molecule has 1 unspecified atom stereocenters. The van der Waals surface area contributed by atoms with E-state index in [9.17, 15) is 5.11 Å². The molecule has 0 aromatic heterocycles. The van der Waals surface area contributed by atoms with Crippen LogP contribution in [0.2, 0.25) is 0 Å². The van der Waals surface area contributed by atoms with Gasteiger partial charge in [0.1, 0.15) is 0 Å². The van der Waals surface area contributed by atoms with E-state index < -0.39 is 6.10 Å². The molecular formula is C14H16O2. The number of rotatable bonds is 5. The number of unbranched alkanes of at least 4 members (excludes halogenated alkanes) is 1. The summed E-state index contributed by atoms with van der Waals surface area (Å²) >= 11 is 0. The molecule has 84 valence electrons. The van der Waals surface area contributed by atoms with Gasteiger partial charge in [-0.2, -0.15) is 0 Å². The summed E-state index contributed by atoms with van der Waals surface area (Å²) in [4.78, 5) is 0. The molecule has 0 heterocycles. The van der Waals surface area contributed by atoms with Crippen molar-refractivity contribution in [3.05, 3.63) is 12.2 Å². The second kappa shape index (κ2) is 11.4. The van der Waals surface area contributed by atoms with Crippen molar-refractivity contribution in [1.29, 1.82) is 0 Å². The Morgan fingerprint density at radius 3 is 2.56 bits per heavy atom. The molecule has 0 aromatic rings. The van der Waals surface area contributed by atoms with Crippen molar-refractivity contribution >= 4 is 0 Å². The molecule has 0 amide bonds. The van der Waals surface area contributed by atoms with Crippen LogP contribution in [0.15, 0.2) is 12.2 Å². The SMILES string of the molecule is CC#CC#CC#CC=CC(O)CCCCO. The summed E-state index contributed by atoms with van der Waals surface area (Å²) < 4.78 is 0. The van der Waals surface area contributed by atoms with Gasteiger partial charge in [-0.3, -0.25) is 0 Å². The number of hydrogen-bond acceptors (Lipinski definition) is 2. The van der Waals surface area contributed by atoms with E-state index >= 15 is 0 Å². The van der Waals surface area contributed by atoms with Crippen molar-refractivity contribution in [2.75, 3.05) is 6.61 Å². The molecule has 0 aliphatic carbocycles. The lowest BCUT2D eigenvalue weighted by atomic mass is 10.1. The first-order valence-corrected chi connectivity index (χ1v) is 5.19. The van der Waals surface area contributed by atoms with Gasteiger partial charge in [-0.15, -0.1) is 0 Å². The predicted octanol–water partition coefficient (Wildman–Crippen LogP) is 1.10. The van der Waals surface area contributed by atoms with Gasteiger partial charge < -0.3 is 10.2 Å². The van der Waals surface area contributed by atoms with Crippen molar-refractivity contribution < 1.29 is 10.2 Å². The minimum absolute atomic E-state index is 0.171. The molecule has 2 nitrogen and oxygen atoms in total. The molecule has 0 bridgehead atoms. The van der Waals surface area contributed by atoms with Crippen LogP contribution in [0.1, 0.15) is 26.2 Å². The van der Waals surface area contributed by atoms with Gasteiger partial charge in [0.05, 0.1) is 6.10 Å². The topological polar surface area (TPSA) is 40.5 Å². The first kappa shape index (κ1) is 14.3.